The Morgan fingerprint density at radius 2 is 1.96 bits per heavy atom. The molecule has 1 unspecified atom stereocenters. The molecule has 0 bridgehead atoms. The number of hydrogen-bond donors (Lipinski definition) is 1. The first-order valence-electron chi connectivity index (χ1n) is 7.78. The number of ether oxygens (including phenoxy) is 1. The zero-order valence-corrected chi connectivity index (χ0v) is 13.7. The van der Waals surface area contributed by atoms with E-state index in [0.29, 0.717) is 5.92 Å². The fraction of sp³-hybridized carbons (Fsp3) is 0.471. The van der Waals surface area contributed by atoms with Crippen LogP contribution >= 0.6 is 0 Å². The van der Waals surface area contributed by atoms with Gasteiger partial charge >= 0.3 is 12.0 Å². The first-order valence-corrected chi connectivity index (χ1v) is 7.78. The van der Waals surface area contributed by atoms with E-state index in [-0.39, 0.29) is 31.5 Å². The van der Waals surface area contributed by atoms with Gasteiger partial charge in [-0.1, -0.05) is 38.1 Å². The van der Waals surface area contributed by atoms with Crippen molar-refractivity contribution in [3.63, 3.8) is 0 Å². The van der Waals surface area contributed by atoms with Crippen LogP contribution in [-0.2, 0) is 14.3 Å². The molecule has 23 heavy (non-hydrogen) atoms. The highest BCUT2D eigenvalue weighted by molar-refractivity contribution is 6.00. The van der Waals surface area contributed by atoms with Crippen LogP contribution in [0.15, 0.2) is 24.3 Å². The third-order valence-corrected chi connectivity index (χ3v) is 3.82. The highest BCUT2D eigenvalue weighted by Gasteiger charge is 2.34. The second-order valence-corrected chi connectivity index (χ2v) is 5.81. The molecule has 1 N–H and O–H groups in total. The van der Waals surface area contributed by atoms with Crippen molar-refractivity contribution in [3.8, 4) is 0 Å². The molecular weight excluding hydrogens is 296 g/mol. The predicted octanol–water partition coefficient (Wildman–Crippen LogP) is 2.36. The molecule has 1 aliphatic rings. The van der Waals surface area contributed by atoms with Gasteiger partial charge in [0.05, 0.1) is 19.1 Å². The molecule has 1 atom stereocenters. The van der Waals surface area contributed by atoms with Gasteiger partial charge in [0.1, 0.15) is 6.54 Å². The van der Waals surface area contributed by atoms with Crippen LogP contribution in [0.4, 0.5) is 4.79 Å². The van der Waals surface area contributed by atoms with Crippen molar-refractivity contribution >= 4 is 17.9 Å². The third kappa shape index (κ3) is 4.09. The Morgan fingerprint density at radius 1 is 1.30 bits per heavy atom. The number of imide groups is 1. The first-order chi connectivity index (χ1) is 10.9. The van der Waals surface area contributed by atoms with E-state index in [9.17, 15) is 14.4 Å². The zero-order valence-electron chi connectivity index (χ0n) is 13.7. The zero-order chi connectivity index (χ0) is 17.0. The molecule has 3 amide bonds. The molecule has 1 heterocycles. The van der Waals surface area contributed by atoms with E-state index >= 15 is 0 Å². The average molecular weight is 318 g/mol. The van der Waals surface area contributed by atoms with Gasteiger partial charge < -0.3 is 10.1 Å². The molecule has 0 saturated carbocycles. The number of hydrogen-bond acceptors (Lipinski definition) is 4. The second-order valence-electron chi connectivity index (χ2n) is 5.81. The van der Waals surface area contributed by atoms with Crippen LogP contribution in [0.25, 0.3) is 0 Å². The molecule has 1 saturated heterocycles. The minimum absolute atomic E-state index is 0.131. The Balaban J connectivity index is 2.05. The Bertz CT molecular complexity index is 577. The molecule has 0 spiro atoms. The molecule has 0 aromatic heterocycles. The van der Waals surface area contributed by atoms with Gasteiger partial charge in [0.2, 0.25) is 5.91 Å². The molecule has 124 valence electrons. The Kier molecular flexibility index (Phi) is 5.36. The van der Waals surface area contributed by atoms with Crippen molar-refractivity contribution in [2.45, 2.75) is 39.2 Å². The molecule has 6 nitrogen and oxygen atoms in total. The monoisotopic (exact) mass is 318 g/mol. The van der Waals surface area contributed by atoms with Crippen LogP contribution in [0.1, 0.15) is 50.3 Å². The quantitative estimate of drug-likeness (QED) is 0.846. The number of esters is 1. The van der Waals surface area contributed by atoms with Crippen LogP contribution in [0.2, 0.25) is 0 Å². The van der Waals surface area contributed by atoms with E-state index in [1.54, 1.807) is 6.92 Å². The Labute approximate surface area is 135 Å². The van der Waals surface area contributed by atoms with E-state index < -0.39 is 12.0 Å². The van der Waals surface area contributed by atoms with Gasteiger partial charge in [0, 0.05) is 0 Å². The Hall–Kier alpha value is -2.37. The number of nitrogens with zero attached hydrogens (tertiary/aromatic N) is 1. The molecule has 1 aromatic carbocycles. The predicted molar refractivity (Wildman–Crippen MR) is 84.8 cm³/mol. The van der Waals surface area contributed by atoms with Gasteiger partial charge in [-0.25, -0.2) is 4.79 Å². The van der Waals surface area contributed by atoms with Crippen molar-refractivity contribution in [3.05, 3.63) is 35.4 Å². The second kappa shape index (κ2) is 7.26. The number of amides is 3. The lowest BCUT2D eigenvalue weighted by molar-refractivity contribution is -0.147. The van der Waals surface area contributed by atoms with E-state index in [1.807, 2.05) is 24.3 Å². The summed E-state index contributed by atoms with van der Waals surface area (Å²) >= 11 is 0. The minimum Gasteiger partial charge on any atom is -0.465 e. The summed E-state index contributed by atoms with van der Waals surface area (Å²) in [5.74, 6) is -0.540. The highest BCUT2D eigenvalue weighted by atomic mass is 16.5. The van der Waals surface area contributed by atoms with Gasteiger partial charge in [-0.05, 0) is 24.0 Å². The molecule has 2 rings (SSSR count). The number of benzene rings is 1. The van der Waals surface area contributed by atoms with Crippen LogP contribution in [0, 0.1) is 0 Å². The van der Waals surface area contributed by atoms with Crippen molar-refractivity contribution in [2.24, 2.45) is 0 Å². The molecule has 0 radical (unpaired) electrons. The summed E-state index contributed by atoms with van der Waals surface area (Å²) in [6.45, 7) is 5.75. The molecule has 0 aliphatic carbocycles. The summed E-state index contributed by atoms with van der Waals surface area (Å²) in [6.07, 6.45) is 0.131. The highest BCUT2D eigenvalue weighted by Crippen LogP contribution is 2.24. The van der Waals surface area contributed by atoms with Crippen molar-refractivity contribution in [2.75, 3.05) is 13.2 Å². The minimum atomic E-state index is -0.587. The summed E-state index contributed by atoms with van der Waals surface area (Å²) in [4.78, 5) is 36.6. The number of rotatable bonds is 5. The van der Waals surface area contributed by atoms with E-state index in [0.717, 1.165) is 10.5 Å². The molecule has 6 heteroatoms. The van der Waals surface area contributed by atoms with Gasteiger partial charge in [-0.15, -0.1) is 0 Å². The van der Waals surface area contributed by atoms with E-state index in [1.165, 1.54) is 5.56 Å². The summed E-state index contributed by atoms with van der Waals surface area (Å²) in [5, 5.41) is 2.77. The first kappa shape index (κ1) is 17.0. The lowest BCUT2D eigenvalue weighted by Gasteiger charge is -2.31. The lowest BCUT2D eigenvalue weighted by Crippen LogP contribution is -2.53. The standard InChI is InChI=1S/C17H22N2O4/c1-4-23-16(21)10-19-15(20)9-14(18-17(19)22)13-7-5-12(6-8-13)11(2)3/h5-8,11,14H,4,9-10H2,1-3H3,(H,18,22). The van der Waals surface area contributed by atoms with Crippen molar-refractivity contribution in [1.82, 2.24) is 10.2 Å². The fourth-order valence-corrected chi connectivity index (χ4v) is 2.49. The number of urea groups is 1. The topological polar surface area (TPSA) is 75.7 Å². The number of carbonyl (C=O) groups is 3. The van der Waals surface area contributed by atoms with Crippen LogP contribution in [0.3, 0.4) is 0 Å². The summed E-state index contributed by atoms with van der Waals surface area (Å²) in [7, 11) is 0. The summed E-state index contributed by atoms with van der Waals surface area (Å²) in [5.41, 5.74) is 2.08. The fourth-order valence-electron chi connectivity index (χ4n) is 2.49. The van der Waals surface area contributed by atoms with Gasteiger partial charge in [-0.3, -0.25) is 14.5 Å². The third-order valence-electron chi connectivity index (χ3n) is 3.82. The van der Waals surface area contributed by atoms with Crippen LogP contribution in [-0.4, -0.2) is 36.0 Å². The van der Waals surface area contributed by atoms with E-state index in [4.69, 9.17) is 4.74 Å². The number of carbonyl (C=O) groups excluding carboxylic acids is 3. The molecule has 1 fully saturated rings. The summed E-state index contributed by atoms with van der Waals surface area (Å²) in [6, 6.07) is 6.92. The average Bonchev–Trinajstić information content (AvgIpc) is 2.51. The van der Waals surface area contributed by atoms with Gasteiger partial charge in [-0.2, -0.15) is 0 Å². The maximum Gasteiger partial charge on any atom is 0.326 e. The number of nitrogens with one attached hydrogen (secondary N) is 1. The molecular formula is C17H22N2O4. The lowest BCUT2D eigenvalue weighted by atomic mass is 9.96. The van der Waals surface area contributed by atoms with Crippen LogP contribution in [0.5, 0.6) is 0 Å². The maximum absolute atomic E-state index is 12.2. The molecule has 1 aliphatic heterocycles. The van der Waals surface area contributed by atoms with Crippen molar-refractivity contribution in [1.29, 1.82) is 0 Å². The normalized spacial score (nSPS) is 18.1. The SMILES string of the molecule is CCOC(=O)CN1C(=O)CC(c2ccc(C(C)C)cc2)NC1=O. The van der Waals surface area contributed by atoms with Crippen molar-refractivity contribution < 1.29 is 19.1 Å². The largest absolute Gasteiger partial charge is 0.465 e. The van der Waals surface area contributed by atoms with Crippen LogP contribution < -0.4 is 5.32 Å². The Morgan fingerprint density at radius 3 is 2.48 bits per heavy atom. The summed E-state index contributed by atoms with van der Waals surface area (Å²) < 4.78 is 4.78. The maximum atomic E-state index is 12.2. The smallest absolute Gasteiger partial charge is 0.326 e. The van der Waals surface area contributed by atoms with Gasteiger partial charge in [0.15, 0.2) is 0 Å². The van der Waals surface area contributed by atoms with Gasteiger partial charge in [0.25, 0.3) is 0 Å². The molecule has 1 aromatic rings. The van der Waals surface area contributed by atoms with E-state index in [2.05, 4.69) is 19.2 Å².